The first kappa shape index (κ1) is 12.2. The number of nitrogens with one attached hydrogen (secondary N) is 1. The van der Waals surface area contributed by atoms with E-state index in [2.05, 4.69) is 25.9 Å². The molecule has 0 bridgehead atoms. The number of anilines is 2. The highest BCUT2D eigenvalue weighted by Gasteiger charge is 1.97. The third-order valence-electron chi connectivity index (χ3n) is 2.65. The molecule has 20 heavy (non-hydrogen) atoms. The Hall–Kier alpha value is -2.89. The second kappa shape index (κ2) is 5.83. The van der Waals surface area contributed by atoms with Crippen LogP contribution in [0.15, 0.2) is 54.6 Å². The molecule has 0 spiro atoms. The highest BCUT2D eigenvalue weighted by molar-refractivity contribution is 5.59. The van der Waals surface area contributed by atoms with Gasteiger partial charge in [-0.2, -0.15) is 5.21 Å². The number of benzene rings is 2. The van der Waals surface area contributed by atoms with Crippen molar-refractivity contribution in [1.82, 2.24) is 20.6 Å². The molecule has 6 nitrogen and oxygen atoms in total. The summed E-state index contributed by atoms with van der Waals surface area (Å²) in [6.07, 6.45) is 0. The lowest BCUT2D eigenvalue weighted by molar-refractivity contribution is 0.295. The van der Waals surface area contributed by atoms with Gasteiger partial charge in [-0.25, -0.2) is 0 Å². The molecule has 0 aliphatic heterocycles. The number of ether oxygens (including phenoxy) is 1. The molecule has 0 amide bonds. The van der Waals surface area contributed by atoms with Crippen molar-refractivity contribution in [3.05, 3.63) is 60.4 Å². The van der Waals surface area contributed by atoms with Crippen LogP contribution in [0.5, 0.6) is 5.75 Å². The lowest BCUT2D eigenvalue weighted by Gasteiger charge is -2.08. The minimum Gasteiger partial charge on any atom is -0.488 e. The molecule has 0 unspecified atom stereocenters. The van der Waals surface area contributed by atoms with Crippen molar-refractivity contribution in [2.45, 2.75) is 6.61 Å². The van der Waals surface area contributed by atoms with Gasteiger partial charge in [0.2, 0.25) is 0 Å². The van der Waals surface area contributed by atoms with Gasteiger partial charge >= 0.3 is 0 Å². The molecule has 0 atom stereocenters. The van der Waals surface area contributed by atoms with Gasteiger partial charge < -0.3 is 15.2 Å². The van der Waals surface area contributed by atoms with Gasteiger partial charge in [0.05, 0.1) is 0 Å². The zero-order valence-electron chi connectivity index (χ0n) is 10.6. The maximum absolute atomic E-state index is 5.52. The van der Waals surface area contributed by atoms with E-state index < -0.39 is 0 Å². The molecule has 3 rings (SSSR count). The molecule has 0 saturated heterocycles. The molecule has 0 fully saturated rings. The molecule has 2 aromatic carbocycles. The van der Waals surface area contributed by atoms with Gasteiger partial charge in [0.1, 0.15) is 12.4 Å². The van der Waals surface area contributed by atoms with Gasteiger partial charge in [-0.3, -0.25) is 10.3 Å². The third-order valence-corrected chi connectivity index (χ3v) is 2.65. The Balaban J connectivity index is 1.60. The molecule has 1 N–H and O–H groups in total. The Morgan fingerprint density at radius 3 is 2.40 bits per heavy atom. The van der Waals surface area contributed by atoms with E-state index in [-0.39, 0.29) is 6.61 Å². The second-order valence-electron chi connectivity index (χ2n) is 4.10. The van der Waals surface area contributed by atoms with E-state index in [1.807, 2.05) is 54.6 Å². The summed E-state index contributed by atoms with van der Waals surface area (Å²) < 4.78 is 5.52. The topological polar surface area (TPSA) is 74.0 Å². The molecule has 100 valence electrons. The standard InChI is InChI=1S/C14H12N5O/c1-2-4-11(5-3-1)15-12-6-8-13(9-7-12)20-10-14-16-18-19-17-14/h1-9,15H,10H2/q-1. The molecule has 1 aromatic heterocycles. The summed E-state index contributed by atoms with van der Waals surface area (Å²) in [5.41, 5.74) is 2.04. The van der Waals surface area contributed by atoms with Crippen LogP contribution in [0.25, 0.3) is 0 Å². The van der Waals surface area contributed by atoms with Crippen LogP contribution in [0, 0.1) is 0 Å². The third kappa shape index (κ3) is 3.11. The summed E-state index contributed by atoms with van der Waals surface area (Å²) in [6.45, 7) is 0.262. The number of aromatic nitrogens is 4. The normalized spacial score (nSPS) is 10.2. The lowest BCUT2D eigenvalue weighted by atomic mass is 10.2. The van der Waals surface area contributed by atoms with Crippen LogP contribution in [-0.4, -0.2) is 15.5 Å². The van der Waals surface area contributed by atoms with Gasteiger partial charge in [0.15, 0.2) is 0 Å². The predicted molar refractivity (Wildman–Crippen MR) is 73.6 cm³/mol. The van der Waals surface area contributed by atoms with Gasteiger partial charge in [-0.05, 0) is 36.4 Å². The van der Waals surface area contributed by atoms with E-state index in [4.69, 9.17) is 4.74 Å². The van der Waals surface area contributed by atoms with Gasteiger partial charge in [0, 0.05) is 17.2 Å². The molecule has 0 radical (unpaired) electrons. The van der Waals surface area contributed by atoms with Crippen LogP contribution in [0.2, 0.25) is 0 Å². The number of hydrogen-bond acceptors (Lipinski definition) is 5. The van der Waals surface area contributed by atoms with E-state index in [9.17, 15) is 0 Å². The van der Waals surface area contributed by atoms with E-state index in [0.717, 1.165) is 17.1 Å². The molecule has 0 aliphatic rings. The summed E-state index contributed by atoms with van der Waals surface area (Å²) in [6, 6.07) is 17.6. The zero-order valence-corrected chi connectivity index (χ0v) is 10.6. The summed E-state index contributed by atoms with van der Waals surface area (Å²) in [7, 11) is 0. The molecule has 0 aliphatic carbocycles. The quantitative estimate of drug-likeness (QED) is 0.762. The Bertz CT molecular complexity index is 637. The maximum atomic E-state index is 5.52. The fourth-order valence-electron chi connectivity index (χ4n) is 1.69. The van der Waals surface area contributed by atoms with Crippen LogP contribution in [-0.2, 0) is 6.61 Å². The van der Waals surface area contributed by atoms with Crippen LogP contribution in [0.3, 0.4) is 0 Å². The van der Waals surface area contributed by atoms with Gasteiger partial charge in [-0.1, -0.05) is 18.2 Å². The largest absolute Gasteiger partial charge is 0.488 e. The predicted octanol–water partition coefficient (Wildman–Crippen LogP) is 2.15. The van der Waals surface area contributed by atoms with Crippen molar-refractivity contribution in [2.75, 3.05) is 5.32 Å². The zero-order chi connectivity index (χ0) is 13.6. The number of para-hydroxylation sites is 1. The fraction of sp³-hybridized carbons (Fsp3) is 0.0714. The minimum atomic E-state index is 0.262. The number of tetrazole rings is 1. The van der Waals surface area contributed by atoms with Crippen molar-refractivity contribution >= 4 is 11.4 Å². The van der Waals surface area contributed by atoms with E-state index in [1.54, 1.807) is 0 Å². The number of nitrogens with zero attached hydrogens (tertiary/aromatic N) is 4. The van der Waals surface area contributed by atoms with Crippen LogP contribution >= 0.6 is 0 Å². The number of hydrogen-bond donors (Lipinski definition) is 1. The highest BCUT2D eigenvalue weighted by Crippen LogP contribution is 2.20. The second-order valence-corrected chi connectivity index (χ2v) is 4.10. The molecule has 3 aromatic rings. The van der Waals surface area contributed by atoms with Crippen LogP contribution < -0.4 is 15.2 Å². The maximum Gasteiger partial charge on any atom is 0.120 e. The molecule has 0 saturated carbocycles. The molecule has 1 heterocycles. The summed E-state index contributed by atoms with van der Waals surface area (Å²) >= 11 is 0. The lowest BCUT2D eigenvalue weighted by Crippen LogP contribution is -1.99. The van der Waals surface area contributed by atoms with E-state index in [0.29, 0.717) is 5.82 Å². The van der Waals surface area contributed by atoms with Crippen molar-refractivity contribution in [2.24, 2.45) is 0 Å². The Labute approximate surface area is 115 Å². The molecular formula is C14H12N5O-. The monoisotopic (exact) mass is 266 g/mol. The molecule has 6 heteroatoms. The van der Waals surface area contributed by atoms with Gasteiger partial charge in [0.25, 0.3) is 0 Å². The Kier molecular flexibility index (Phi) is 3.55. The summed E-state index contributed by atoms with van der Waals surface area (Å²) in [5, 5.41) is 17.5. The average molecular weight is 266 g/mol. The first-order valence-corrected chi connectivity index (χ1v) is 6.13. The minimum absolute atomic E-state index is 0.262. The Morgan fingerprint density at radius 1 is 0.950 bits per heavy atom. The van der Waals surface area contributed by atoms with Crippen LogP contribution in [0.4, 0.5) is 11.4 Å². The summed E-state index contributed by atoms with van der Waals surface area (Å²) in [5.74, 6) is 1.21. The number of rotatable bonds is 5. The van der Waals surface area contributed by atoms with Crippen LogP contribution in [0.1, 0.15) is 5.82 Å². The van der Waals surface area contributed by atoms with E-state index in [1.165, 1.54) is 0 Å². The van der Waals surface area contributed by atoms with Crippen molar-refractivity contribution in [3.63, 3.8) is 0 Å². The van der Waals surface area contributed by atoms with Crippen molar-refractivity contribution < 1.29 is 4.74 Å². The Morgan fingerprint density at radius 2 is 1.70 bits per heavy atom. The average Bonchev–Trinajstić information content (AvgIpc) is 3.01. The fourth-order valence-corrected chi connectivity index (χ4v) is 1.69. The first-order chi connectivity index (χ1) is 9.90. The van der Waals surface area contributed by atoms with Gasteiger partial charge in [-0.15, -0.1) is 0 Å². The smallest absolute Gasteiger partial charge is 0.120 e. The molecular weight excluding hydrogens is 254 g/mol. The van der Waals surface area contributed by atoms with Crippen molar-refractivity contribution in [3.8, 4) is 5.75 Å². The van der Waals surface area contributed by atoms with Crippen molar-refractivity contribution in [1.29, 1.82) is 0 Å². The first-order valence-electron chi connectivity index (χ1n) is 6.13. The highest BCUT2D eigenvalue weighted by atomic mass is 16.5. The SMILES string of the molecule is c1ccc(Nc2ccc(OCc3nnn[n-]3)cc2)cc1. The van der Waals surface area contributed by atoms with E-state index >= 15 is 0 Å². The summed E-state index contributed by atoms with van der Waals surface area (Å²) in [4.78, 5) is 0.